The first-order valence-electron chi connectivity index (χ1n) is 6.05. The van der Waals surface area contributed by atoms with Crippen molar-refractivity contribution in [1.82, 2.24) is 15.6 Å². The monoisotopic (exact) mass is 264 g/mol. The molecule has 0 aliphatic heterocycles. The fourth-order valence-corrected chi connectivity index (χ4v) is 1.42. The Morgan fingerprint density at radius 2 is 2.00 bits per heavy atom. The molecule has 1 aromatic heterocycles. The number of hydrogen-bond acceptors (Lipinski definition) is 3. The molecule has 1 aromatic rings. The summed E-state index contributed by atoms with van der Waals surface area (Å²) >= 11 is 0. The smallest absolute Gasteiger partial charge is 0.320 e. The van der Waals surface area contributed by atoms with E-state index < -0.39 is 5.41 Å². The molecule has 6 heteroatoms. The Labute approximate surface area is 113 Å². The van der Waals surface area contributed by atoms with Crippen LogP contribution in [0.15, 0.2) is 18.3 Å². The topological polar surface area (TPSA) is 83.1 Å². The molecule has 0 fully saturated rings. The lowest BCUT2D eigenvalue weighted by Gasteiger charge is -2.22. The van der Waals surface area contributed by atoms with E-state index in [-0.39, 0.29) is 18.5 Å². The zero-order chi connectivity index (χ0) is 14.5. The Hall–Kier alpha value is -2.11. The third-order valence-electron chi connectivity index (χ3n) is 2.69. The van der Waals surface area contributed by atoms with E-state index in [4.69, 9.17) is 0 Å². The number of nitrogens with one attached hydrogen (secondary N) is 3. The molecule has 104 valence electrons. The van der Waals surface area contributed by atoms with Gasteiger partial charge in [-0.15, -0.1) is 0 Å². The molecule has 0 spiro atoms. The molecular formula is C13H20N4O2. The van der Waals surface area contributed by atoms with Gasteiger partial charge in [-0.2, -0.15) is 0 Å². The van der Waals surface area contributed by atoms with Crippen LogP contribution >= 0.6 is 0 Å². The highest BCUT2D eigenvalue weighted by molar-refractivity contribution is 5.89. The summed E-state index contributed by atoms with van der Waals surface area (Å²) in [5.74, 6) is 0.349. The molecule has 0 aliphatic rings. The quantitative estimate of drug-likeness (QED) is 0.766. The van der Waals surface area contributed by atoms with Crippen LogP contribution in [0.1, 0.15) is 19.4 Å². The molecule has 0 bridgehead atoms. The van der Waals surface area contributed by atoms with Gasteiger partial charge in [0.15, 0.2) is 0 Å². The van der Waals surface area contributed by atoms with Crippen LogP contribution < -0.4 is 16.0 Å². The third kappa shape index (κ3) is 4.57. The highest BCUT2D eigenvalue weighted by Gasteiger charge is 2.26. The molecule has 1 rings (SSSR count). The zero-order valence-corrected chi connectivity index (χ0v) is 11.7. The maximum Gasteiger partial charge on any atom is 0.320 e. The molecule has 0 atom stereocenters. The Morgan fingerprint density at radius 3 is 2.53 bits per heavy atom. The van der Waals surface area contributed by atoms with E-state index in [1.807, 2.05) is 13.0 Å². The van der Waals surface area contributed by atoms with Gasteiger partial charge >= 0.3 is 6.03 Å². The highest BCUT2D eigenvalue weighted by atomic mass is 16.2. The Balaban J connectivity index is 2.48. The number of urea groups is 1. The van der Waals surface area contributed by atoms with E-state index in [1.54, 1.807) is 33.2 Å². The molecule has 0 saturated heterocycles. The lowest BCUT2D eigenvalue weighted by Crippen LogP contribution is -2.44. The lowest BCUT2D eigenvalue weighted by atomic mass is 9.92. The Bertz CT molecular complexity index is 454. The summed E-state index contributed by atoms with van der Waals surface area (Å²) in [5.41, 5.74) is 0.360. The second-order valence-corrected chi connectivity index (χ2v) is 4.99. The predicted octanol–water partition coefficient (Wildman–Crippen LogP) is 1.28. The van der Waals surface area contributed by atoms with Crippen LogP contribution in [-0.4, -0.2) is 30.5 Å². The van der Waals surface area contributed by atoms with E-state index >= 15 is 0 Å². The van der Waals surface area contributed by atoms with Crippen LogP contribution in [0.5, 0.6) is 0 Å². The van der Waals surface area contributed by atoms with Crippen molar-refractivity contribution in [3.05, 3.63) is 23.9 Å². The van der Waals surface area contributed by atoms with Gasteiger partial charge in [0.05, 0.1) is 5.41 Å². The summed E-state index contributed by atoms with van der Waals surface area (Å²) in [6.07, 6.45) is 1.67. The van der Waals surface area contributed by atoms with E-state index in [0.29, 0.717) is 5.82 Å². The number of carbonyl (C=O) groups is 2. The largest absolute Gasteiger partial charge is 0.359 e. The summed E-state index contributed by atoms with van der Waals surface area (Å²) in [4.78, 5) is 27.3. The zero-order valence-electron chi connectivity index (χ0n) is 11.7. The molecule has 0 unspecified atom stereocenters. The van der Waals surface area contributed by atoms with Crippen molar-refractivity contribution >= 4 is 17.8 Å². The highest BCUT2D eigenvalue weighted by Crippen LogP contribution is 2.13. The molecule has 1 heterocycles. The minimum absolute atomic E-state index is 0.124. The van der Waals surface area contributed by atoms with Crippen LogP contribution in [0.4, 0.5) is 10.6 Å². The van der Waals surface area contributed by atoms with Crippen molar-refractivity contribution < 1.29 is 9.59 Å². The number of amides is 3. The van der Waals surface area contributed by atoms with E-state index in [9.17, 15) is 9.59 Å². The first kappa shape index (κ1) is 14.9. The molecule has 0 saturated carbocycles. The van der Waals surface area contributed by atoms with Crippen LogP contribution in [0.25, 0.3) is 0 Å². The van der Waals surface area contributed by atoms with Gasteiger partial charge in [0.2, 0.25) is 5.91 Å². The number of aromatic nitrogens is 1. The first-order chi connectivity index (χ1) is 8.85. The summed E-state index contributed by atoms with van der Waals surface area (Å²) in [7, 11) is 1.57. The number of carbonyl (C=O) groups excluding carboxylic acids is 2. The molecule has 0 aliphatic carbocycles. The number of rotatable bonds is 4. The summed E-state index contributed by atoms with van der Waals surface area (Å²) in [6.45, 7) is 5.68. The van der Waals surface area contributed by atoms with Gasteiger partial charge in [0.1, 0.15) is 5.82 Å². The fraction of sp³-hybridized carbons (Fsp3) is 0.462. The Morgan fingerprint density at radius 1 is 1.32 bits per heavy atom. The van der Waals surface area contributed by atoms with Crippen molar-refractivity contribution in [1.29, 1.82) is 0 Å². The number of nitrogens with zero attached hydrogens (tertiary/aromatic N) is 1. The van der Waals surface area contributed by atoms with Crippen LogP contribution in [0, 0.1) is 12.3 Å². The minimum atomic E-state index is -0.660. The fourth-order valence-electron chi connectivity index (χ4n) is 1.42. The standard InChI is InChI=1S/C13H20N4O2/c1-9-5-6-10(15-7-9)17-12(19)16-8-13(2,3)11(18)14-4/h5-7H,8H2,1-4H3,(H,14,18)(H2,15,16,17,19). The maximum atomic E-state index is 11.7. The molecule has 0 aromatic carbocycles. The van der Waals surface area contributed by atoms with E-state index in [1.165, 1.54) is 0 Å². The SMILES string of the molecule is CNC(=O)C(C)(C)CNC(=O)Nc1ccc(C)cn1. The van der Waals surface area contributed by atoms with E-state index in [2.05, 4.69) is 20.9 Å². The van der Waals surface area contributed by atoms with Crippen molar-refractivity contribution in [2.45, 2.75) is 20.8 Å². The van der Waals surface area contributed by atoms with Crippen molar-refractivity contribution in [2.75, 3.05) is 18.9 Å². The second-order valence-electron chi connectivity index (χ2n) is 4.99. The average molecular weight is 264 g/mol. The van der Waals surface area contributed by atoms with Crippen molar-refractivity contribution in [2.24, 2.45) is 5.41 Å². The maximum absolute atomic E-state index is 11.7. The molecule has 0 radical (unpaired) electrons. The lowest BCUT2D eigenvalue weighted by molar-refractivity contribution is -0.128. The van der Waals surface area contributed by atoms with Crippen LogP contribution in [0.2, 0.25) is 0 Å². The number of anilines is 1. The van der Waals surface area contributed by atoms with Gasteiger partial charge in [0, 0.05) is 19.8 Å². The molecule has 3 N–H and O–H groups in total. The van der Waals surface area contributed by atoms with Gasteiger partial charge in [-0.25, -0.2) is 9.78 Å². The van der Waals surface area contributed by atoms with Gasteiger partial charge < -0.3 is 10.6 Å². The Kier molecular flexibility index (Phi) is 4.86. The van der Waals surface area contributed by atoms with Crippen molar-refractivity contribution in [3.8, 4) is 0 Å². The van der Waals surface area contributed by atoms with Crippen LogP contribution in [-0.2, 0) is 4.79 Å². The summed E-state index contributed by atoms with van der Waals surface area (Å²) in [6, 6.07) is 3.20. The predicted molar refractivity (Wildman–Crippen MR) is 73.8 cm³/mol. The van der Waals surface area contributed by atoms with Crippen LogP contribution in [0.3, 0.4) is 0 Å². The van der Waals surface area contributed by atoms with Gasteiger partial charge in [-0.3, -0.25) is 10.1 Å². The van der Waals surface area contributed by atoms with Crippen molar-refractivity contribution in [3.63, 3.8) is 0 Å². The second kappa shape index (κ2) is 6.17. The summed E-state index contributed by atoms with van der Waals surface area (Å²) in [5, 5.41) is 7.82. The number of pyridine rings is 1. The number of aryl methyl sites for hydroxylation is 1. The van der Waals surface area contributed by atoms with Gasteiger partial charge in [-0.1, -0.05) is 6.07 Å². The molecule has 19 heavy (non-hydrogen) atoms. The molecular weight excluding hydrogens is 244 g/mol. The summed E-state index contributed by atoms with van der Waals surface area (Å²) < 4.78 is 0. The molecule has 6 nitrogen and oxygen atoms in total. The molecule has 3 amide bonds. The van der Waals surface area contributed by atoms with Gasteiger partial charge in [-0.05, 0) is 32.4 Å². The number of hydrogen-bond donors (Lipinski definition) is 3. The average Bonchev–Trinajstić information content (AvgIpc) is 2.38. The minimum Gasteiger partial charge on any atom is -0.359 e. The first-order valence-corrected chi connectivity index (χ1v) is 6.05. The normalized spacial score (nSPS) is 10.7. The van der Waals surface area contributed by atoms with Gasteiger partial charge in [0.25, 0.3) is 0 Å². The van der Waals surface area contributed by atoms with E-state index in [0.717, 1.165) is 5.56 Å². The third-order valence-corrected chi connectivity index (χ3v) is 2.69.